The van der Waals surface area contributed by atoms with Crippen molar-refractivity contribution in [1.29, 1.82) is 0 Å². The van der Waals surface area contributed by atoms with Crippen LogP contribution < -0.4 is 0 Å². The lowest BCUT2D eigenvalue weighted by atomic mass is 10.0. The van der Waals surface area contributed by atoms with Crippen molar-refractivity contribution in [2.75, 3.05) is 0 Å². The first-order valence-electron chi connectivity index (χ1n) is 4.73. The average Bonchev–Trinajstić information content (AvgIpc) is 2.66. The quantitative estimate of drug-likeness (QED) is 0.834. The number of hydrogen-bond donors (Lipinski definition) is 1. The van der Waals surface area contributed by atoms with Gasteiger partial charge in [-0.1, -0.05) is 18.2 Å². The number of rotatable bonds is 2. The van der Waals surface area contributed by atoms with Crippen LogP contribution in [0.25, 0.3) is 11.5 Å². The molecule has 0 bridgehead atoms. The predicted molar refractivity (Wildman–Crippen MR) is 56.2 cm³/mol. The van der Waals surface area contributed by atoms with Gasteiger partial charge in [0.05, 0.1) is 0 Å². The minimum Gasteiger partial charge on any atom is -0.474 e. The Balaban J connectivity index is 2.54. The van der Waals surface area contributed by atoms with Crippen LogP contribution in [0.1, 0.15) is 21.8 Å². The molecule has 2 aromatic rings. The summed E-state index contributed by atoms with van der Waals surface area (Å²) in [5.74, 6) is -1.37. The monoisotopic (exact) mass is 218 g/mol. The highest BCUT2D eigenvalue weighted by Gasteiger charge is 2.16. The van der Waals surface area contributed by atoms with Gasteiger partial charge in [0.25, 0.3) is 0 Å². The summed E-state index contributed by atoms with van der Waals surface area (Å²) in [6, 6.07) is 5.74. The van der Waals surface area contributed by atoms with E-state index >= 15 is 0 Å². The molecule has 82 valence electrons. The molecule has 2 rings (SSSR count). The van der Waals surface area contributed by atoms with Gasteiger partial charge < -0.3 is 9.52 Å². The first kappa shape index (κ1) is 10.4. The lowest BCUT2D eigenvalue weighted by molar-refractivity contribution is 0.0654. The van der Waals surface area contributed by atoms with Gasteiger partial charge in [-0.05, 0) is 25.0 Å². The highest BCUT2D eigenvalue weighted by atomic mass is 16.4. The third-order valence-corrected chi connectivity index (χ3v) is 2.30. The van der Waals surface area contributed by atoms with E-state index in [1.54, 1.807) is 0 Å². The molecule has 0 saturated heterocycles. The molecular weight excluding hydrogens is 208 g/mol. The molecule has 0 aliphatic heterocycles. The number of aromatic carboxylic acids is 1. The molecule has 0 amide bonds. The molecule has 5 heteroatoms. The van der Waals surface area contributed by atoms with Gasteiger partial charge in [0.1, 0.15) is 0 Å². The second-order valence-electron chi connectivity index (χ2n) is 3.48. The van der Waals surface area contributed by atoms with Gasteiger partial charge in [-0.25, -0.2) is 4.79 Å². The van der Waals surface area contributed by atoms with E-state index in [2.05, 4.69) is 10.2 Å². The first-order valence-corrected chi connectivity index (χ1v) is 4.73. The smallest absolute Gasteiger partial charge is 0.393 e. The molecular formula is C11H10N2O3. The van der Waals surface area contributed by atoms with E-state index in [0.29, 0.717) is 0 Å². The van der Waals surface area contributed by atoms with Gasteiger partial charge in [0.2, 0.25) is 5.89 Å². The molecule has 16 heavy (non-hydrogen) atoms. The maximum absolute atomic E-state index is 10.6. The Morgan fingerprint density at radius 2 is 1.88 bits per heavy atom. The molecule has 0 aliphatic rings. The highest BCUT2D eigenvalue weighted by molar-refractivity contribution is 5.82. The van der Waals surface area contributed by atoms with Crippen molar-refractivity contribution in [3.8, 4) is 11.5 Å². The predicted octanol–water partition coefficient (Wildman–Crippen LogP) is 2.05. The Bertz CT molecular complexity index is 526. The van der Waals surface area contributed by atoms with E-state index in [0.717, 1.165) is 16.7 Å². The zero-order valence-electron chi connectivity index (χ0n) is 8.89. The summed E-state index contributed by atoms with van der Waals surface area (Å²) in [5, 5.41) is 15.9. The van der Waals surface area contributed by atoms with Crippen LogP contribution in [0.3, 0.4) is 0 Å². The maximum atomic E-state index is 10.6. The van der Waals surface area contributed by atoms with Crippen LogP contribution in [0.2, 0.25) is 0 Å². The third kappa shape index (κ3) is 1.67. The van der Waals surface area contributed by atoms with Crippen LogP contribution in [-0.2, 0) is 0 Å². The Labute approximate surface area is 91.7 Å². The lowest BCUT2D eigenvalue weighted by Crippen LogP contribution is -1.95. The molecule has 0 fully saturated rings. The van der Waals surface area contributed by atoms with Crippen LogP contribution in [0.15, 0.2) is 22.6 Å². The van der Waals surface area contributed by atoms with Crippen molar-refractivity contribution >= 4 is 5.97 Å². The number of carboxylic acids is 1. The summed E-state index contributed by atoms with van der Waals surface area (Å²) in [6.45, 7) is 3.82. The van der Waals surface area contributed by atoms with Crippen molar-refractivity contribution in [3.63, 3.8) is 0 Å². The number of aryl methyl sites for hydroxylation is 2. The number of carbonyl (C=O) groups is 1. The number of carboxylic acid groups (broad SMARTS) is 1. The van der Waals surface area contributed by atoms with E-state index < -0.39 is 11.9 Å². The number of aromatic nitrogens is 2. The van der Waals surface area contributed by atoms with Gasteiger partial charge in [-0.15, -0.1) is 10.2 Å². The highest BCUT2D eigenvalue weighted by Crippen LogP contribution is 2.25. The maximum Gasteiger partial charge on any atom is 0.393 e. The van der Waals surface area contributed by atoms with Crippen molar-refractivity contribution in [2.45, 2.75) is 13.8 Å². The van der Waals surface area contributed by atoms with E-state index in [4.69, 9.17) is 9.52 Å². The zero-order valence-corrected chi connectivity index (χ0v) is 8.89. The Hall–Kier alpha value is -2.17. The summed E-state index contributed by atoms with van der Waals surface area (Å²) in [7, 11) is 0. The van der Waals surface area contributed by atoms with Gasteiger partial charge >= 0.3 is 11.9 Å². The van der Waals surface area contributed by atoms with Gasteiger partial charge in [0, 0.05) is 5.56 Å². The van der Waals surface area contributed by atoms with Crippen LogP contribution in [0.5, 0.6) is 0 Å². The summed E-state index contributed by atoms with van der Waals surface area (Å²) < 4.78 is 5.07. The third-order valence-electron chi connectivity index (χ3n) is 2.30. The standard InChI is InChI=1S/C11H10N2O3/c1-6-4-3-5-7(2)8(6)9-12-13-10(16-9)11(14)15/h3-5H,1-2H3,(H,14,15). The molecule has 5 nitrogen and oxygen atoms in total. The Morgan fingerprint density at radius 1 is 1.25 bits per heavy atom. The molecule has 1 aromatic carbocycles. The van der Waals surface area contributed by atoms with Crippen LogP contribution in [-0.4, -0.2) is 21.3 Å². The number of benzene rings is 1. The first-order chi connectivity index (χ1) is 7.59. The molecule has 0 saturated carbocycles. The minimum absolute atomic E-state index is 0.244. The minimum atomic E-state index is -1.22. The largest absolute Gasteiger partial charge is 0.474 e. The molecule has 0 atom stereocenters. The molecule has 1 heterocycles. The Morgan fingerprint density at radius 3 is 2.38 bits per heavy atom. The second kappa shape index (κ2) is 3.77. The molecule has 1 N–H and O–H groups in total. The van der Waals surface area contributed by atoms with E-state index in [1.807, 2.05) is 32.0 Å². The van der Waals surface area contributed by atoms with Crippen LogP contribution >= 0.6 is 0 Å². The fraction of sp³-hybridized carbons (Fsp3) is 0.182. The van der Waals surface area contributed by atoms with Gasteiger partial charge in [0.15, 0.2) is 0 Å². The molecule has 0 aliphatic carbocycles. The average molecular weight is 218 g/mol. The van der Waals surface area contributed by atoms with Crippen LogP contribution in [0.4, 0.5) is 0 Å². The van der Waals surface area contributed by atoms with E-state index in [1.165, 1.54) is 0 Å². The SMILES string of the molecule is Cc1cccc(C)c1-c1nnc(C(=O)O)o1. The summed E-state index contributed by atoms with van der Waals surface area (Å²) in [6.07, 6.45) is 0. The summed E-state index contributed by atoms with van der Waals surface area (Å²) in [4.78, 5) is 10.6. The Kier molecular flexibility index (Phi) is 2.44. The second-order valence-corrected chi connectivity index (χ2v) is 3.48. The number of nitrogens with zero attached hydrogens (tertiary/aromatic N) is 2. The summed E-state index contributed by atoms with van der Waals surface area (Å²) in [5.41, 5.74) is 2.74. The van der Waals surface area contributed by atoms with Crippen molar-refractivity contribution in [2.24, 2.45) is 0 Å². The van der Waals surface area contributed by atoms with E-state index in [-0.39, 0.29) is 5.89 Å². The normalized spacial score (nSPS) is 10.4. The molecule has 0 radical (unpaired) electrons. The van der Waals surface area contributed by atoms with Crippen molar-refractivity contribution in [1.82, 2.24) is 10.2 Å². The van der Waals surface area contributed by atoms with E-state index in [9.17, 15) is 4.79 Å². The van der Waals surface area contributed by atoms with Crippen LogP contribution in [0, 0.1) is 13.8 Å². The zero-order chi connectivity index (χ0) is 11.7. The molecule has 0 unspecified atom stereocenters. The van der Waals surface area contributed by atoms with Gasteiger partial charge in [-0.3, -0.25) is 0 Å². The molecule has 0 spiro atoms. The lowest BCUT2D eigenvalue weighted by Gasteiger charge is -2.03. The fourth-order valence-electron chi connectivity index (χ4n) is 1.56. The molecule has 1 aromatic heterocycles. The summed E-state index contributed by atoms with van der Waals surface area (Å²) >= 11 is 0. The topological polar surface area (TPSA) is 76.2 Å². The van der Waals surface area contributed by atoms with Gasteiger partial charge in [-0.2, -0.15) is 0 Å². The number of hydrogen-bond acceptors (Lipinski definition) is 4. The van der Waals surface area contributed by atoms with Crippen molar-refractivity contribution < 1.29 is 14.3 Å². The fourth-order valence-corrected chi connectivity index (χ4v) is 1.56. The van der Waals surface area contributed by atoms with Crippen molar-refractivity contribution in [3.05, 3.63) is 35.2 Å².